The first-order valence-corrected chi connectivity index (χ1v) is 28.4. The summed E-state index contributed by atoms with van der Waals surface area (Å²) in [6.07, 6.45) is 14.0. The van der Waals surface area contributed by atoms with E-state index in [2.05, 4.69) is 51.4 Å². The Morgan fingerprint density at radius 1 is 0.726 bits per heavy atom. The number of nitrogens with zero attached hydrogens (tertiary/aromatic N) is 7. The Kier molecular flexibility index (Phi) is 36.7. The van der Waals surface area contributed by atoms with Crippen LogP contribution in [0.3, 0.4) is 0 Å². The lowest BCUT2D eigenvalue weighted by Crippen LogP contribution is -2.53. The minimum Gasteiger partial charge on any atom is -0.498 e. The van der Waals surface area contributed by atoms with E-state index < -0.39 is 87.9 Å². The molecule has 466 valence electrons. The average molecular weight is 1230 g/mol. The second-order valence-corrected chi connectivity index (χ2v) is 21.5. The minimum atomic E-state index is -5.81. The summed E-state index contributed by atoms with van der Waals surface area (Å²) in [6, 6.07) is 0. The van der Waals surface area contributed by atoms with Crippen molar-refractivity contribution >= 4 is 69.4 Å². The summed E-state index contributed by atoms with van der Waals surface area (Å²) in [5, 5.41) is 49.9. The summed E-state index contributed by atoms with van der Waals surface area (Å²) in [5.74, 6) is -3.11. The number of rotatable bonds is 15. The lowest BCUT2D eigenvalue weighted by molar-refractivity contribution is -0.165. The van der Waals surface area contributed by atoms with Gasteiger partial charge in [-0.3, -0.25) is 18.6 Å². The Morgan fingerprint density at radius 3 is 1.57 bits per heavy atom. The highest BCUT2D eigenvalue weighted by atomic mass is 32.2. The maximum absolute atomic E-state index is 14.1. The molecule has 24 nitrogen and oxygen atoms in total. The molecule has 6 atom stereocenters. The van der Waals surface area contributed by atoms with Gasteiger partial charge in [-0.05, 0) is 89.6 Å². The second-order valence-electron chi connectivity index (χ2n) is 19.8. The molecule has 6 rings (SSSR count). The fourth-order valence-corrected chi connectivity index (χ4v) is 9.71. The smallest absolute Gasteiger partial charge is 0.498 e. The number of piperidine rings is 2. The van der Waals surface area contributed by atoms with Crippen molar-refractivity contribution in [2.45, 2.75) is 182 Å². The first-order chi connectivity index (χ1) is 39.6. The van der Waals surface area contributed by atoms with Gasteiger partial charge in [-0.1, -0.05) is 37.6 Å². The first kappa shape index (κ1) is 77.9. The summed E-state index contributed by atoms with van der Waals surface area (Å²) in [4.78, 5) is 46.9. The number of hydrogen-bond acceptors (Lipinski definition) is 20. The van der Waals surface area contributed by atoms with E-state index in [0.29, 0.717) is 83.6 Å². The highest BCUT2D eigenvalue weighted by molar-refractivity contribution is 7.87. The van der Waals surface area contributed by atoms with Gasteiger partial charge in [-0.25, -0.2) is 26.7 Å². The number of ether oxygens (including phenoxy) is 2. The number of hydrogen-bond donors (Lipinski definition) is 4. The van der Waals surface area contributed by atoms with Crippen LogP contribution in [-0.2, 0) is 61.6 Å². The zero-order chi connectivity index (χ0) is 64.1. The van der Waals surface area contributed by atoms with Crippen LogP contribution in [0.2, 0.25) is 57.4 Å². The second kappa shape index (κ2) is 39.5. The van der Waals surface area contributed by atoms with E-state index in [1.165, 1.54) is 13.1 Å². The monoisotopic (exact) mass is 1230 g/mol. The predicted octanol–water partition coefficient (Wildman–Crippen LogP) is 6.48. The van der Waals surface area contributed by atoms with Crippen molar-refractivity contribution < 1.29 is 100 Å². The van der Waals surface area contributed by atoms with Gasteiger partial charge in [0.25, 0.3) is 36.6 Å². The van der Waals surface area contributed by atoms with Crippen LogP contribution in [0, 0.1) is 52.0 Å². The molecule has 2 radical (unpaired) electrons. The van der Waals surface area contributed by atoms with Gasteiger partial charge in [-0.2, -0.15) is 42.6 Å². The number of aliphatic hydroxyl groups excluding tert-OH is 1. The Balaban J connectivity index is 0.000000986. The molecule has 6 heterocycles. The number of nitrogens with two attached hydrogens (primary N) is 1. The summed E-state index contributed by atoms with van der Waals surface area (Å²) < 4.78 is 157. The zero-order valence-corrected chi connectivity index (χ0v) is 48.0. The van der Waals surface area contributed by atoms with Crippen LogP contribution >= 0.6 is 0 Å². The normalized spacial score (nSPS) is 26.1. The highest BCUT2D eigenvalue weighted by Gasteiger charge is 2.51. The largest absolute Gasteiger partial charge is 0.523 e. The fourth-order valence-electron chi connectivity index (χ4n) is 9.21. The van der Waals surface area contributed by atoms with Gasteiger partial charge >= 0.3 is 55.2 Å². The molecule has 5 N–H and O–H groups in total. The van der Waals surface area contributed by atoms with E-state index in [1.807, 2.05) is 0 Å². The summed E-state index contributed by atoms with van der Waals surface area (Å²) in [7, 11) is -1.31. The maximum atomic E-state index is 14.1. The van der Waals surface area contributed by atoms with E-state index in [1.54, 1.807) is 32.6 Å². The van der Waals surface area contributed by atoms with E-state index in [4.69, 9.17) is 46.8 Å². The summed E-state index contributed by atoms with van der Waals surface area (Å²) in [5.41, 5.74) is -1.26. The number of carbonyl (C=O) groups excluding carboxylic acids is 4. The third kappa shape index (κ3) is 28.7. The number of azide groups is 1. The summed E-state index contributed by atoms with van der Waals surface area (Å²) in [6.45, 7) is 2.71. The van der Waals surface area contributed by atoms with Gasteiger partial charge in [0.15, 0.2) is 0 Å². The molecule has 6 fully saturated rings. The standard InChI is InChI=1S/C8H10BF4NO4S.C8H12FNO3.C8H13NO3.C7H10BFN4O.C7H12BFN2O.C7H11BFNO2.CH3B/c10-7(2-1-3-9(4-7)17-6-14)5-18-19(15,16)8(11,12)13;1-2-13-7(12)8(9)4-3-5-10-6(8)11;1-2-12-8(11)6-4-3-5-9-7(6)10;9-7(5-12-13-11)2-1-3-8(4-7)14-6-10;9-7(5-10)2-1-3-8(4-7)12-6-11;9-7(5-11)2-1-3-8(4-7)12-6-10;1-2/h1-5H2;2-5H2,1H3,(H,10,11);6H,2-5H2,1H3,(H,9,10);1-5H2;1-5,10H2;11H,1-5H2;1H3/t7-;8-;;3*7-;/m00.000./s1. The van der Waals surface area contributed by atoms with Crippen LogP contribution in [0.4, 0.5) is 35.1 Å². The van der Waals surface area contributed by atoms with Crippen LogP contribution in [0.1, 0.15) is 90.9 Å². The van der Waals surface area contributed by atoms with Crippen molar-refractivity contribution in [3.63, 3.8) is 0 Å². The number of carbonyl (C=O) groups is 4. The fraction of sp³-hybridized carbons (Fsp3) is 0.826. The van der Waals surface area contributed by atoms with Crippen LogP contribution in [0.5, 0.6) is 0 Å². The van der Waals surface area contributed by atoms with E-state index in [9.17, 15) is 62.7 Å². The Labute approximate surface area is 486 Å². The average Bonchev–Trinajstić information content (AvgIpc) is 3.58. The molecule has 6 aliphatic heterocycles. The van der Waals surface area contributed by atoms with Crippen LogP contribution < -0.4 is 16.4 Å². The number of nitriles is 4. The molecule has 0 aliphatic carbocycles. The highest BCUT2D eigenvalue weighted by Crippen LogP contribution is 2.37. The van der Waals surface area contributed by atoms with Crippen molar-refractivity contribution in [3.05, 3.63) is 10.4 Å². The summed E-state index contributed by atoms with van der Waals surface area (Å²) >= 11 is 0. The first-order valence-electron chi connectivity index (χ1n) is 26.9. The van der Waals surface area contributed by atoms with Crippen molar-refractivity contribution in [2.24, 2.45) is 16.8 Å². The molecule has 0 aromatic rings. The van der Waals surface area contributed by atoms with E-state index in [0.717, 1.165) is 19.2 Å². The molecular formula is C46H71B5F8N10O14S. The number of amides is 2. The lowest BCUT2D eigenvalue weighted by atomic mass is 9.52. The Bertz CT molecular complexity index is 2340. The lowest BCUT2D eigenvalue weighted by Gasteiger charge is -2.30. The molecule has 1 unspecified atom stereocenters. The third-order valence-electron chi connectivity index (χ3n) is 13.5. The Morgan fingerprint density at radius 2 is 1.15 bits per heavy atom. The number of aliphatic hydroxyl groups is 1. The molecular weight excluding hydrogens is 1150 g/mol. The van der Waals surface area contributed by atoms with Gasteiger partial charge in [0.1, 0.15) is 35.2 Å². The van der Waals surface area contributed by atoms with Crippen molar-refractivity contribution in [1.29, 1.82) is 21.0 Å². The molecule has 0 bridgehead atoms. The molecule has 2 amide bonds. The number of alkyl halides is 8. The van der Waals surface area contributed by atoms with Crippen LogP contribution in [-0.4, -0.2) is 159 Å². The molecule has 0 spiro atoms. The molecule has 0 aromatic heterocycles. The maximum Gasteiger partial charge on any atom is 0.523 e. The van der Waals surface area contributed by atoms with Crippen LogP contribution in [0.15, 0.2) is 5.11 Å². The molecule has 6 saturated heterocycles. The molecule has 38 heteroatoms. The predicted molar refractivity (Wildman–Crippen MR) is 288 cm³/mol. The Hall–Kier alpha value is -6.06. The van der Waals surface area contributed by atoms with E-state index >= 15 is 0 Å². The molecule has 0 aromatic carbocycles. The quantitative estimate of drug-likeness (QED) is 0.0130. The SMILES string of the molecule is CCOC(=O)C1CCCNC1=O.CCOC(=O)[C@]1(F)CCCNC1=O.N#COB1CCC[C@@](F)(CN)C1.N#COB1CCC[C@@](F)(CN=[N+]=[N-])C1.N#COB1CCC[C@@](F)(CO)C1.N#COB1CCC[C@@](F)(COS(=O)(=O)C(F)(F)F)C1.[B]C. The molecule has 6 aliphatic rings. The molecule has 84 heavy (non-hydrogen) atoms. The van der Waals surface area contributed by atoms with Gasteiger partial charge in [-0.15, -0.1) is 0 Å². The van der Waals surface area contributed by atoms with Gasteiger partial charge in [0.2, 0.25) is 5.91 Å². The zero-order valence-electron chi connectivity index (χ0n) is 47.2. The number of halogens is 8. The number of esters is 2. The van der Waals surface area contributed by atoms with Crippen molar-refractivity contribution in [2.75, 3.05) is 52.6 Å². The van der Waals surface area contributed by atoms with Crippen molar-refractivity contribution in [1.82, 2.24) is 10.6 Å². The molecule has 0 saturated carbocycles. The van der Waals surface area contributed by atoms with Gasteiger partial charge in [0, 0.05) is 56.2 Å². The minimum absolute atomic E-state index is 0.0261. The van der Waals surface area contributed by atoms with Gasteiger partial charge in [0.05, 0.1) is 34.2 Å². The van der Waals surface area contributed by atoms with Crippen LogP contribution in [0.25, 0.3) is 10.4 Å². The number of nitrogens with one attached hydrogen (secondary N) is 2. The third-order valence-corrected chi connectivity index (χ3v) is 14.5. The van der Waals surface area contributed by atoms with Gasteiger partial charge < -0.3 is 49.6 Å². The van der Waals surface area contributed by atoms with E-state index in [-0.39, 0.29) is 90.9 Å². The van der Waals surface area contributed by atoms with Crippen molar-refractivity contribution in [3.8, 4) is 25.0 Å². The topological polar surface area (TPSA) is 381 Å².